The predicted molar refractivity (Wildman–Crippen MR) is 97.8 cm³/mol. The van der Waals surface area contributed by atoms with E-state index in [1.165, 1.54) is 11.3 Å². The molecule has 6 nitrogen and oxygen atoms in total. The van der Waals surface area contributed by atoms with E-state index in [2.05, 4.69) is 26.6 Å². The van der Waals surface area contributed by atoms with Crippen LogP contribution >= 0.6 is 27.3 Å². The standard InChI is InChI=1S/C17H14BrN3O3S/c18-9-3-4-11-10(8-9)17(24)21-6-5-12(14(21)16(23)19-11)20-15(22)13-2-1-7-25-13/h1-4,7-8,12,14H,5-6H2,(H,19,23)(H,20,22)/t12-,14-/m0/s1. The quantitative estimate of drug-likeness (QED) is 0.784. The maximum absolute atomic E-state index is 12.9. The van der Waals surface area contributed by atoms with E-state index in [1.807, 2.05) is 5.38 Å². The first-order valence-corrected chi connectivity index (χ1v) is 9.47. The highest BCUT2D eigenvalue weighted by atomic mass is 79.9. The maximum atomic E-state index is 12.9. The molecular formula is C17H14BrN3O3S. The summed E-state index contributed by atoms with van der Waals surface area (Å²) in [7, 11) is 0. The van der Waals surface area contributed by atoms with Crippen molar-refractivity contribution in [2.45, 2.75) is 18.5 Å². The summed E-state index contributed by atoms with van der Waals surface area (Å²) in [6.07, 6.45) is 0.546. The topological polar surface area (TPSA) is 78.5 Å². The second kappa shape index (κ2) is 6.27. The number of nitrogens with one attached hydrogen (secondary N) is 2. The maximum Gasteiger partial charge on any atom is 0.261 e. The van der Waals surface area contributed by atoms with Crippen LogP contribution < -0.4 is 10.6 Å². The van der Waals surface area contributed by atoms with Crippen molar-refractivity contribution in [3.8, 4) is 0 Å². The van der Waals surface area contributed by atoms with Crippen LogP contribution in [0.1, 0.15) is 26.5 Å². The zero-order valence-electron chi connectivity index (χ0n) is 13.0. The Morgan fingerprint density at radius 1 is 1.32 bits per heavy atom. The van der Waals surface area contributed by atoms with Crippen molar-refractivity contribution in [3.63, 3.8) is 0 Å². The van der Waals surface area contributed by atoms with Crippen LogP contribution in [0.4, 0.5) is 5.69 Å². The number of halogens is 1. The normalized spacial score (nSPS) is 22.0. The summed E-state index contributed by atoms with van der Waals surface area (Å²) in [6.45, 7) is 0.429. The summed E-state index contributed by atoms with van der Waals surface area (Å²) < 4.78 is 0.772. The van der Waals surface area contributed by atoms with E-state index < -0.39 is 12.1 Å². The number of hydrogen-bond acceptors (Lipinski definition) is 4. The second-order valence-corrected chi connectivity index (χ2v) is 7.83. The average molecular weight is 420 g/mol. The number of hydrogen-bond donors (Lipinski definition) is 2. The van der Waals surface area contributed by atoms with Gasteiger partial charge in [-0.1, -0.05) is 22.0 Å². The minimum Gasteiger partial charge on any atom is -0.346 e. The number of anilines is 1. The highest BCUT2D eigenvalue weighted by molar-refractivity contribution is 9.10. The molecular weight excluding hydrogens is 406 g/mol. The largest absolute Gasteiger partial charge is 0.346 e. The molecule has 128 valence electrons. The third-order valence-electron chi connectivity index (χ3n) is 4.46. The molecule has 0 saturated carbocycles. The number of nitrogens with zero attached hydrogens (tertiary/aromatic N) is 1. The third kappa shape index (κ3) is 2.85. The lowest BCUT2D eigenvalue weighted by Gasteiger charge is -2.24. The van der Waals surface area contributed by atoms with Gasteiger partial charge in [0.05, 0.1) is 22.2 Å². The molecule has 2 N–H and O–H groups in total. The highest BCUT2D eigenvalue weighted by Crippen LogP contribution is 2.31. The van der Waals surface area contributed by atoms with Crippen molar-refractivity contribution < 1.29 is 14.4 Å². The van der Waals surface area contributed by atoms with Gasteiger partial charge in [0.2, 0.25) is 5.91 Å². The third-order valence-corrected chi connectivity index (χ3v) is 5.82. The number of fused-ring (bicyclic) bond motifs is 2. The van der Waals surface area contributed by atoms with E-state index in [0.29, 0.717) is 29.1 Å². The van der Waals surface area contributed by atoms with Crippen LogP contribution in [-0.2, 0) is 4.79 Å². The van der Waals surface area contributed by atoms with Gasteiger partial charge in [-0.2, -0.15) is 0 Å². The molecule has 3 amide bonds. The molecule has 2 aliphatic heterocycles. The summed E-state index contributed by atoms with van der Waals surface area (Å²) in [4.78, 5) is 40.0. The summed E-state index contributed by atoms with van der Waals surface area (Å²) >= 11 is 4.70. The van der Waals surface area contributed by atoms with Gasteiger partial charge in [0.15, 0.2) is 0 Å². The first-order chi connectivity index (χ1) is 12.0. The SMILES string of the molecule is O=C(N[C@H]1CCN2C(=O)c3cc(Br)ccc3NC(=O)[C@H]12)c1cccs1. The fraction of sp³-hybridized carbons (Fsp3) is 0.235. The lowest BCUT2D eigenvalue weighted by atomic mass is 10.1. The Morgan fingerprint density at radius 2 is 2.16 bits per heavy atom. The highest BCUT2D eigenvalue weighted by Gasteiger charge is 2.45. The van der Waals surface area contributed by atoms with Crippen molar-refractivity contribution in [2.24, 2.45) is 0 Å². The molecule has 2 aliphatic rings. The molecule has 8 heteroatoms. The van der Waals surface area contributed by atoms with E-state index in [9.17, 15) is 14.4 Å². The van der Waals surface area contributed by atoms with Gasteiger partial charge in [0.25, 0.3) is 11.8 Å². The van der Waals surface area contributed by atoms with Crippen LogP contribution in [0.15, 0.2) is 40.2 Å². The Hall–Kier alpha value is -2.19. The number of carbonyl (C=O) groups is 3. The van der Waals surface area contributed by atoms with Crippen LogP contribution in [0.25, 0.3) is 0 Å². The van der Waals surface area contributed by atoms with Gasteiger partial charge < -0.3 is 15.5 Å². The van der Waals surface area contributed by atoms with Crippen LogP contribution in [0.5, 0.6) is 0 Å². The molecule has 2 aromatic rings. The van der Waals surface area contributed by atoms with E-state index in [0.717, 1.165) is 4.47 Å². The summed E-state index contributed by atoms with van der Waals surface area (Å²) in [5.41, 5.74) is 0.950. The zero-order valence-corrected chi connectivity index (χ0v) is 15.4. The predicted octanol–water partition coefficient (Wildman–Crippen LogP) is 2.48. The molecule has 0 radical (unpaired) electrons. The molecule has 1 aromatic heterocycles. The summed E-state index contributed by atoms with van der Waals surface area (Å²) in [5.74, 6) is -0.692. The average Bonchev–Trinajstić information content (AvgIpc) is 3.23. The molecule has 25 heavy (non-hydrogen) atoms. The smallest absolute Gasteiger partial charge is 0.261 e. The second-order valence-electron chi connectivity index (χ2n) is 5.97. The number of benzene rings is 1. The van der Waals surface area contributed by atoms with E-state index >= 15 is 0 Å². The monoisotopic (exact) mass is 419 g/mol. The number of amides is 3. The molecule has 0 bridgehead atoms. The van der Waals surface area contributed by atoms with Gasteiger partial charge in [-0.3, -0.25) is 14.4 Å². The Labute approximate surface area is 156 Å². The van der Waals surface area contributed by atoms with Gasteiger partial charge in [-0.05, 0) is 36.1 Å². The molecule has 1 aromatic carbocycles. The number of rotatable bonds is 2. The summed E-state index contributed by atoms with van der Waals surface area (Å²) in [5, 5.41) is 7.55. The van der Waals surface area contributed by atoms with Gasteiger partial charge in [-0.25, -0.2) is 0 Å². The fourth-order valence-corrected chi connectivity index (χ4v) is 4.29. The van der Waals surface area contributed by atoms with Gasteiger partial charge in [0.1, 0.15) is 6.04 Å². The van der Waals surface area contributed by atoms with Gasteiger partial charge >= 0.3 is 0 Å². The van der Waals surface area contributed by atoms with Crippen molar-refractivity contribution in [2.75, 3.05) is 11.9 Å². The number of carbonyl (C=O) groups excluding carboxylic acids is 3. The molecule has 3 heterocycles. The van der Waals surface area contributed by atoms with Crippen LogP contribution in [0.2, 0.25) is 0 Å². The fourth-order valence-electron chi connectivity index (χ4n) is 3.31. The van der Waals surface area contributed by atoms with E-state index in [1.54, 1.807) is 35.2 Å². The summed E-state index contributed by atoms with van der Waals surface area (Å²) in [6, 6.07) is 7.61. The first kappa shape index (κ1) is 16.3. The van der Waals surface area contributed by atoms with Crippen molar-refractivity contribution in [3.05, 3.63) is 50.6 Å². The van der Waals surface area contributed by atoms with Crippen molar-refractivity contribution in [1.29, 1.82) is 0 Å². The van der Waals surface area contributed by atoms with Crippen LogP contribution in [0, 0.1) is 0 Å². The molecule has 0 spiro atoms. The Morgan fingerprint density at radius 3 is 2.92 bits per heavy atom. The minimum atomic E-state index is -0.706. The van der Waals surface area contributed by atoms with Crippen molar-refractivity contribution >= 4 is 50.7 Å². The molecule has 2 atom stereocenters. The van der Waals surface area contributed by atoms with Gasteiger partial charge in [-0.15, -0.1) is 11.3 Å². The zero-order chi connectivity index (χ0) is 17.6. The molecule has 0 aliphatic carbocycles. The molecule has 1 saturated heterocycles. The van der Waals surface area contributed by atoms with Crippen molar-refractivity contribution in [1.82, 2.24) is 10.2 Å². The Bertz CT molecular complexity index is 868. The van der Waals surface area contributed by atoms with Gasteiger partial charge in [0, 0.05) is 11.0 Å². The first-order valence-electron chi connectivity index (χ1n) is 7.80. The number of thiophene rings is 1. The van der Waals surface area contributed by atoms with Crippen LogP contribution in [0.3, 0.4) is 0 Å². The minimum absolute atomic E-state index is 0.201. The Balaban J connectivity index is 1.62. The molecule has 4 rings (SSSR count). The van der Waals surface area contributed by atoms with E-state index in [4.69, 9.17) is 0 Å². The molecule has 0 unspecified atom stereocenters. The lowest BCUT2D eigenvalue weighted by Crippen LogP contribution is -2.51. The van der Waals surface area contributed by atoms with Crippen LogP contribution in [-0.4, -0.2) is 41.2 Å². The lowest BCUT2D eigenvalue weighted by molar-refractivity contribution is -0.120. The Kier molecular flexibility index (Phi) is 4.09. The molecule has 1 fully saturated rings. The van der Waals surface area contributed by atoms with E-state index in [-0.39, 0.29) is 17.7 Å².